The van der Waals surface area contributed by atoms with E-state index in [1.165, 1.54) is 0 Å². The van der Waals surface area contributed by atoms with Crippen LogP contribution in [0.1, 0.15) is 15.9 Å². The van der Waals surface area contributed by atoms with Crippen LogP contribution in [0.15, 0.2) is 18.2 Å². The van der Waals surface area contributed by atoms with E-state index in [0.29, 0.717) is 18.2 Å². The largest absolute Gasteiger partial charge is 0.416 e. The third-order valence-corrected chi connectivity index (χ3v) is 1.56. The van der Waals surface area contributed by atoms with Crippen LogP contribution in [-0.2, 0) is 6.18 Å². The normalized spacial score (nSPS) is 10.0. The summed E-state index contributed by atoms with van der Waals surface area (Å²) < 4.78 is 49.0. The maximum absolute atomic E-state index is 12.7. The van der Waals surface area contributed by atoms with Gasteiger partial charge in [0.25, 0.3) is 5.91 Å². The molecule has 0 spiro atoms. The van der Waals surface area contributed by atoms with Gasteiger partial charge in [0.2, 0.25) is 0 Å². The summed E-state index contributed by atoms with van der Waals surface area (Å²) in [5, 5.41) is 0. The summed E-state index contributed by atoms with van der Waals surface area (Å²) in [6, 6.07) is 1.49. The highest BCUT2D eigenvalue weighted by Gasteiger charge is 2.31. The fraction of sp³-hybridized carbons (Fsp3) is 0.125. The number of benzene rings is 1. The lowest BCUT2D eigenvalue weighted by Gasteiger charge is -2.07. The SMILES string of the molecule is Cl.Cl.NC(=O)c1cc(C(F)(F)F)ccc1F. The van der Waals surface area contributed by atoms with Gasteiger partial charge in [0, 0.05) is 0 Å². The Bertz CT molecular complexity index is 381. The van der Waals surface area contributed by atoms with Crippen molar-refractivity contribution in [2.45, 2.75) is 6.18 Å². The molecule has 2 nitrogen and oxygen atoms in total. The molecule has 0 atom stereocenters. The standard InChI is InChI=1S/C8H5F4NO.2ClH/c9-6-2-1-4(8(10,11)12)3-5(6)7(13)14;;/h1-3H,(H2,13,14);2*1H. The number of alkyl halides is 3. The average molecular weight is 280 g/mol. The van der Waals surface area contributed by atoms with E-state index in [0.717, 1.165) is 0 Å². The minimum Gasteiger partial charge on any atom is -0.366 e. The first-order valence-electron chi connectivity index (χ1n) is 3.49. The van der Waals surface area contributed by atoms with Gasteiger partial charge in [-0.1, -0.05) is 0 Å². The minimum absolute atomic E-state index is 0. The fourth-order valence-electron chi connectivity index (χ4n) is 0.890. The van der Waals surface area contributed by atoms with E-state index in [-0.39, 0.29) is 24.8 Å². The summed E-state index contributed by atoms with van der Waals surface area (Å²) in [5.74, 6) is -2.29. The third-order valence-electron chi connectivity index (χ3n) is 1.56. The van der Waals surface area contributed by atoms with Gasteiger partial charge in [-0.3, -0.25) is 4.79 Å². The second kappa shape index (κ2) is 5.91. The third kappa shape index (κ3) is 3.86. The number of hydrogen-bond acceptors (Lipinski definition) is 1. The Morgan fingerprint density at radius 1 is 1.19 bits per heavy atom. The molecule has 1 rings (SSSR count). The molecule has 92 valence electrons. The van der Waals surface area contributed by atoms with Crippen molar-refractivity contribution in [2.24, 2.45) is 5.73 Å². The van der Waals surface area contributed by atoms with Crippen LogP contribution >= 0.6 is 24.8 Å². The summed E-state index contributed by atoms with van der Waals surface area (Å²) in [6.07, 6.45) is -4.61. The van der Waals surface area contributed by atoms with Crippen LogP contribution in [0.4, 0.5) is 17.6 Å². The van der Waals surface area contributed by atoms with E-state index in [4.69, 9.17) is 0 Å². The molecule has 2 N–H and O–H groups in total. The molecule has 0 bridgehead atoms. The van der Waals surface area contributed by atoms with Crippen LogP contribution < -0.4 is 5.73 Å². The van der Waals surface area contributed by atoms with E-state index in [9.17, 15) is 22.4 Å². The highest BCUT2D eigenvalue weighted by Crippen LogP contribution is 2.30. The molecule has 0 aliphatic carbocycles. The topological polar surface area (TPSA) is 43.1 Å². The Balaban J connectivity index is 0. The van der Waals surface area contributed by atoms with Crippen LogP contribution in [0, 0.1) is 5.82 Å². The Labute approximate surface area is 101 Å². The first-order valence-corrected chi connectivity index (χ1v) is 3.49. The Hall–Kier alpha value is -1.01. The van der Waals surface area contributed by atoms with Crippen molar-refractivity contribution >= 4 is 30.7 Å². The number of hydrogen-bond donors (Lipinski definition) is 1. The molecular formula is C8H7Cl2F4NO. The van der Waals surface area contributed by atoms with Gasteiger partial charge in [-0.25, -0.2) is 4.39 Å². The maximum atomic E-state index is 12.7. The molecule has 0 fully saturated rings. The quantitative estimate of drug-likeness (QED) is 0.790. The zero-order valence-corrected chi connectivity index (χ0v) is 9.18. The van der Waals surface area contributed by atoms with Crippen LogP contribution in [0.5, 0.6) is 0 Å². The smallest absolute Gasteiger partial charge is 0.366 e. The molecule has 1 amide bonds. The lowest BCUT2D eigenvalue weighted by molar-refractivity contribution is -0.137. The van der Waals surface area contributed by atoms with Gasteiger partial charge in [-0.2, -0.15) is 13.2 Å². The number of carbonyl (C=O) groups is 1. The van der Waals surface area contributed by atoms with Crippen molar-refractivity contribution in [1.29, 1.82) is 0 Å². The van der Waals surface area contributed by atoms with Gasteiger partial charge in [0.05, 0.1) is 11.1 Å². The highest BCUT2D eigenvalue weighted by atomic mass is 35.5. The molecule has 1 aromatic carbocycles. The molecule has 0 aliphatic rings. The summed E-state index contributed by atoms with van der Waals surface area (Å²) in [6.45, 7) is 0. The van der Waals surface area contributed by atoms with E-state index in [2.05, 4.69) is 5.73 Å². The number of halogens is 6. The van der Waals surface area contributed by atoms with Crippen molar-refractivity contribution in [2.75, 3.05) is 0 Å². The van der Waals surface area contributed by atoms with Gasteiger partial charge in [-0.05, 0) is 18.2 Å². The molecule has 0 radical (unpaired) electrons. The zero-order valence-electron chi connectivity index (χ0n) is 7.55. The molecule has 0 saturated carbocycles. The number of carbonyl (C=O) groups excluding carboxylic acids is 1. The van der Waals surface area contributed by atoms with Gasteiger partial charge in [0.1, 0.15) is 5.82 Å². The zero-order chi connectivity index (χ0) is 10.9. The van der Waals surface area contributed by atoms with Crippen molar-refractivity contribution in [3.05, 3.63) is 35.1 Å². The van der Waals surface area contributed by atoms with E-state index < -0.39 is 29.0 Å². The van der Waals surface area contributed by atoms with Crippen molar-refractivity contribution in [3.63, 3.8) is 0 Å². The molecule has 1 aromatic rings. The lowest BCUT2D eigenvalue weighted by Crippen LogP contribution is -2.15. The summed E-state index contributed by atoms with van der Waals surface area (Å²) in [5.41, 5.74) is 2.81. The number of nitrogens with two attached hydrogens (primary N) is 1. The molecule has 16 heavy (non-hydrogen) atoms. The van der Waals surface area contributed by atoms with Crippen molar-refractivity contribution in [3.8, 4) is 0 Å². The molecular weight excluding hydrogens is 273 g/mol. The van der Waals surface area contributed by atoms with Gasteiger partial charge < -0.3 is 5.73 Å². The molecule has 0 saturated heterocycles. The van der Waals surface area contributed by atoms with Crippen molar-refractivity contribution < 1.29 is 22.4 Å². The lowest BCUT2D eigenvalue weighted by atomic mass is 10.1. The number of rotatable bonds is 1. The molecule has 0 unspecified atom stereocenters. The monoisotopic (exact) mass is 279 g/mol. The van der Waals surface area contributed by atoms with E-state index in [1.807, 2.05) is 0 Å². The number of primary amides is 1. The second-order valence-electron chi connectivity index (χ2n) is 2.56. The molecule has 0 heterocycles. The summed E-state index contributed by atoms with van der Waals surface area (Å²) >= 11 is 0. The fourth-order valence-corrected chi connectivity index (χ4v) is 0.890. The molecule has 0 aliphatic heterocycles. The Morgan fingerprint density at radius 3 is 2.06 bits per heavy atom. The van der Waals surface area contributed by atoms with Gasteiger partial charge in [-0.15, -0.1) is 24.8 Å². The van der Waals surface area contributed by atoms with Gasteiger partial charge >= 0.3 is 6.18 Å². The minimum atomic E-state index is -4.61. The van der Waals surface area contributed by atoms with E-state index in [1.54, 1.807) is 0 Å². The molecule has 0 aromatic heterocycles. The maximum Gasteiger partial charge on any atom is 0.416 e. The predicted molar refractivity (Wildman–Crippen MR) is 54.4 cm³/mol. The van der Waals surface area contributed by atoms with Crippen LogP contribution in [0.2, 0.25) is 0 Å². The Kier molecular flexibility index (Phi) is 6.42. The first-order chi connectivity index (χ1) is 6.32. The Morgan fingerprint density at radius 2 is 1.69 bits per heavy atom. The average Bonchev–Trinajstić information content (AvgIpc) is 2.02. The van der Waals surface area contributed by atoms with Crippen LogP contribution in [0.25, 0.3) is 0 Å². The first kappa shape index (κ1) is 17.4. The summed E-state index contributed by atoms with van der Waals surface area (Å²) in [4.78, 5) is 10.5. The van der Waals surface area contributed by atoms with Crippen LogP contribution in [0.3, 0.4) is 0 Å². The number of amides is 1. The second-order valence-corrected chi connectivity index (χ2v) is 2.56. The molecule has 8 heteroatoms. The van der Waals surface area contributed by atoms with E-state index >= 15 is 0 Å². The predicted octanol–water partition coefficient (Wildman–Crippen LogP) is 2.79. The highest BCUT2D eigenvalue weighted by molar-refractivity contribution is 5.93. The van der Waals surface area contributed by atoms with Crippen LogP contribution in [-0.4, -0.2) is 5.91 Å². The summed E-state index contributed by atoms with van der Waals surface area (Å²) in [7, 11) is 0. The van der Waals surface area contributed by atoms with Gasteiger partial charge in [0.15, 0.2) is 0 Å². The van der Waals surface area contributed by atoms with Crippen molar-refractivity contribution in [1.82, 2.24) is 0 Å².